The molecule has 2 heterocycles. The van der Waals surface area contributed by atoms with Crippen LogP contribution in [0.5, 0.6) is 0 Å². The maximum absolute atomic E-state index is 12.0. The molecule has 0 spiro atoms. The van der Waals surface area contributed by atoms with Crippen LogP contribution in [0.2, 0.25) is 5.02 Å². The molecule has 0 radical (unpaired) electrons. The zero-order valence-electron chi connectivity index (χ0n) is 14.0. The normalized spacial score (nSPS) is 14.3. The van der Waals surface area contributed by atoms with E-state index in [9.17, 15) is 9.59 Å². The van der Waals surface area contributed by atoms with Gasteiger partial charge in [-0.1, -0.05) is 23.4 Å². The van der Waals surface area contributed by atoms with E-state index in [1.807, 2.05) is 0 Å². The first-order chi connectivity index (χ1) is 12.6. The van der Waals surface area contributed by atoms with Crippen molar-refractivity contribution in [2.75, 3.05) is 25.4 Å². The second-order valence-corrected chi connectivity index (χ2v) is 7.13. The number of piperidine rings is 1. The molecule has 1 aliphatic rings. The van der Waals surface area contributed by atoms with Gasteiger partial charge in [0.05, 0.1) is 0 Å². The quantitative estimate of drug-likeness (QED) is 0.548. The molecule has 2 aromatic rings. The number of ether oxygens (including phenoxy) is 1. The highest BCUT2D eigenvalue weighted by Gasteiger charge is 2.18. The molecule has 0 saturated carbocycles. The molecule has 0 unspecified atom stereocenters. The minimum Gasteiger partial charge on any atom is -0.455 e. The Morgan fingerprint density at radius 3 is 2.62 bits per heavy atom. The number of amides is 1. The average Bonchev–Trinajstić information content (AvgIpc) is 3.14. The first kappa shape index (κ1) is 18.7. The molecule has 1 aromatic heterocycles. The summed E-state index contributed by atoms with van der Waals surface area (Å²) in [6, 6.07) is 6.99. The van der Waals surface area contributed by atoms with Crippen molar-refractivity contribution < 1.29 is 18.7 Å². The molecule has 0 N–H and O–H groups in total. The fourth-order valence-electron chi connectivity index (χ4n) is 2.52. The maximum atomic E-state index is 12.0. The van der Waals surface area contributed by atoms with Crippen LogP contribution in [0, 0.1) is 0 Å². The predicted octanol–water partition coefficient (Wildman–Crippen LogP) is 3.04. The summed E-state index contributed by atoms with van der Waals surface area (Å²) in [6.45, 7) is 1.25. The highest BCUT2D eigenvalue weighted by atomic mass is 35.5. The number of carbonyl (C=O) groups excluding carboxylic acids is 2. The van der Waals surface area contributed by atoms with Crippen molar-refractivity contribution in [1.29, 1.82) is 0 Å². The number of hydrogen-bond donors (Lipinski definition) is 0. The Hall–Kier alpha value is -2.06. The summed E-state index contributed by atoms with van der Waals surface area (Å²) in [5.74, 6) is -0.300. The summed E-state index contributed by atoms with van der Waals surface area (Å²) >= 11 is 6.91. The molecule has 1 fully saturated rings. The van der Waals surface area contributed by atoms with E-state index in [0.717, 1.165) is 49.7 Å². The maximum Gasteiger partial charge on any atom is 0.316 e. The molecule has 1 aliphatic heterocycles. The summed E-state index contributed by atoms with van der Waals surface area (Å²) in [5, 5.41) is 8.70. The zero-order valence-corrected chi connectivity index (χ0v) is 15.6. The summed E-state index contributed by atoms with van der Waals surface area (Å²) in [4.78, 5) is 25.5. The van der Waals surface area contributed by atoms with E-state index in [4.69, 9.17) is 20.8 Å². The fraction of sp³-hybridized carbons (Fsp3) is 0.412. The lowest BCUT2D eigenvalue weighted by Crippen LogP contribution is -2.38. The van der Waals surface area contributed by atoms with Crippen molar-refractivity contribution in [3.05, 3.63) is 29.3 Å². The number of benzene rings is 1. The molecule has 9 heteroatoms. The van der Waals surface area contributed by atoms with Gasteiger partial charge in [-0.15, -0.1) is 10.2 Å². The largest absolute Gasteiger partial charge is 0.455 e. The number of likely N-dealkylation sites (tertiary alicyclic amines) is 1. The summed E-state index contributed by atoms with van der Waals surface area (Å²) in [7, 11) is 0. The van der Waals surface area contributed by atoms with Crippen LogP contribution in [0.1, 0.15) is 19.3 Å². The number of nitrogens with zero attached hydrogens (tertiary/aromatic N) is 3. The van der Waals surface area contributed by atoms with E-state index < -0.39 is 5.97 Å². The lowest BCUT2D eigenvalue weighted by atomic mass is 10.1. The molecule has 1 amide bonds. The Labute approximate surface area is 160 Å². The average molecular weight is 396 g/mol. The third-order valence-corrected chi connectivity index (χ3v) is 4.92. The Kier molecular flexibility index (Phi) is 6.51. The predicted molar refractivity (Wildman–Crippen MR) is 96.9 cm³/mol. The van der Waals surface area contributed by atoms with Crippen LogP contribution in [0.3, 0.4) is 0 Å². The lowest BCUT2D eigenvalue weighted by molar-refractivity contribution is -0.150. The van der Waals surface area contributed by atoms with Crippen LogP contribution in [-0.4, -0.2) is 52.4 Å². The highest BCUT2D eigenvalue weighted by Crippen LogP contribution is 2.24. The minimum absolute atomic E-state index is 0.00443. The van der Waals surface area contributed by atoms with Crippen molar-refractivity contribution in [2.45, 2.75) is 24.5 Å². The molecular weight excluding hydrogens is 378 g/mol. The van der Waals surface area contributed by atoms with E-state index >= 15 is 0 Å². The van der Waals surface area contributed by atoms with Crippen LogP contribution in [0.4, 0.5) is 0 Å². The number of esters is 1. The first-order valence-corrected chi connectivity index (χ1v) is 9.64. The number of rotatable bonds is 6. The number of carbonyl (C=O) groups is 2. The Morgan fingerprint density at radius 1 is 1.15 bits per heavy atom. The van der Waals surface area contributed by atoms with Gasteiger partial charge < -0.3 is 14.1 Å². The van der Waals surface area contributed by atoms with E-state index in [0.29, 0.717) is 10.9 Å². The Morgan fingerprint density at radius 2 is 1.88 bits per heavy atom. The topological polar surface area (TPSA) is 85.5 Å². The van der Waals surface area contributed by atoms with Gasteiger partial charge in [0.1, 0.15) is 5.75 Å². The van der Waals surface area contributed by atoms with Crippen molar-refractivity contribution >= 4 is 35.2 Å². The zero-order chi connectivity index (χ0) is 18.4. The lowest BCUT2D eigenvalue weighted by Gasteiger charge is -2.26. The third kappa shape index (κ3) is 5.22. The van der Waals surface area contributed by atoms with E-state index in [2.05, 4.69) is 10.2 Å². The van der Waals surface area contributed by atoms with Gasteiger partial charge >= 0.3 is 5.97 Å². The van der Waals surface area contributed by atoms with Crippen LogP contribution < -0.4 is 0 Å². The number of thioether (sulfide) groups is 1. The molecular formula is C17H18ClN3O4S. The molecule has 0 bridgehead atoms. The van der Waals surface area contributed by atoms with E-state index in [1.54, 1.807) is 29.2 Å². The molecule has 1 saturated heterocycles. The monoisotopic (exact) mass is 395 g/mol. The number of hydrogen-bond acceptors (Lipinski definition) is 7. The van der Waals surface area contributed by atoms with Crippen molar-refractivity contribution in [1.82, 2.24) is 15.1 Å². The van der Waals surface area contributed by atoms with Gasteiger partial charge in [0.2, 0.25) is 5.89 Å². The molecule has 7 nitrogen and oxygen atoms in total. The fourth-order valence-corrected chi connectivity index (χ4v) is 3.20. The standard InChI is InChI=1S/C17H18ClN3O4S/c18-13-6-4-12(5-7-13)16-19-20-17(25-16)26-11-15(23)24-10-14(22)21-8-2-1-3-9-21/h4-7H,1-3,8-11H2. The van der Waals surface area contributed by atoms with Crippen LogP contribution >= 0.6 is 23.4 Å². The molecule has 26 heavy (non-hydrogen) atoms. The van der Waals surface area contributed by atoms with Crippen LogP contribution in [-0.2, 0) is 14.3 Å². The molecule has 1 aromatic carbocycles. The SMILES string of the molecule is O=C(CSc1nnc(-c2ccc(Cl)cc2)o1)OCC(=O)N1CCCCC1. The number of halogens is 1. The summed E-state index contributed by atoms with van der Waals surface area (Å²) in [6.07, 6.45) is 3.15. The van der Waals surface area contributed by atoms with Gasteiger partial charge in [0.25, 0.3) is 11.1 Å². The first-order valence-electron chi connectivity index (χ1n) is 8.27. The molecule has 3 rings (SSSR count). The molecule has 138 valence electrons. The highest BCUT2D eigenvalue weighted by molar-refractivity contribution is 7.99. The van der Waals surface area contributed by atoms with Gasteiger partial charge in [0, 0.05) is 23.7 Å². The Bertz CT molecular complexity index is 760. The van der Waals surface area contributed by atoms with Gasteiger partial charge in [-0.05, 0) is 43.5 Å². The number of aromatic nitrogens is 2. The summed E-state index contributed by atoms with van der Waals surface area (Å²) < 4.78 is 10.5. The smallest absolute Gasteiger partial charge is 0.316 e. The van der Waals surface area contributed by atoms with Gasteiger partial charge in [-0.2, -0.15) is 0 Å². The molecule has 0 aliphatic carbocycles. The van der Waals surface area contributed by atoms with E-state index in [1.165, 1.54) is 0 Å². The van der Waals surface area contributed by atoms with Crippen LogP contribution in [0.25, 0.3) is 11.5 Å². The molecule has 0 atom stereocenters. The van der Waals surface area contributed by atoms with Gasteiger partial charge in [-0.3, -0.25) is 9.59 Å². The second kappa shape index (κ2) is 9.05. The van der Waals surface area contributed by atoms with Crippen LogP contribution in [0.15, 0.2) is 33.9 Å². The van der Waals surface area contributed by atoms with Crippen molar-refractivity contribution in [2.24, 2.45) is 0 Å². The van der Waals surface area contributed by atoms with Gasteiger partial charge in [0.15, 0.2) is 6.61 Å². The minimum atomic E-state index is -0.494. The van der Waals surface area contributed by atoms with Crippen molar-refractivity contribution in [3.8, 4) is 11.5 Å². The third-order valence-electron chi connectivity index (χ3n) is 3.88. The second-order valence-electron chi connectivity index (χ2n) is 5.77. The summed E-state index contributed by atoms with van der Waals surface area (Å²) in [5.41, 5.74) is 0.739. The van der Waals surface area contributed by atoms with Crippen molar-refractivity contribution in [3.63, 3.8) is 0 Å². The van der Waals surface area contributed by atoms with Gasteiger partial charge in [-0.25, -0.2) is 0 Å². The Balaban J connectivity index is 1.43. The van der Waals surface area contributed by atoms with E-state index in [-0.39, 0.29) is 23.5 Å².